The number of aromatic nitrogens is 1. The van der Waals surface area contributed by atoms with E-state index in [1.807, 2.05) is 0 Å². The van der Waals surface area contributed by atoms with Crippen LogP contribution in [0.4, 0.5) is 10.3 Å². The third-order valence-electron chi connectivity index (χ3n) is 3.18. The number of aryl methyl sites for hydroxylation is 1. The van der Waals surface area contributed by atoms with Gasteiger partial charge in [0.1, 0.15) is 16.8 Å². The van der Waals surface area contributed by atoms with E-state index in [-0.39, 0.29) is 11.6 Å². The molecule has 1 amide bonds. The molecule has 2 aromatic rings. The highest BCUT2D eigenvalue weighted by Gasteiger charge is 2.22. The highest BCUT2D eigenvalue weighted by molar-refractivity contribution is 7.85. The molecule has 0 spiro atoms. The number of hydrogen-bond acceptors (Lipinski definition) is 5. The summed E-state index contributed by atoms with van der Waals surface area (Å²) in [7, 11) is -0.107. The number of amides is 1. The molecule has 2 atom stereocenters. The van der Waals surface area contributed by atoms with Crippen LogP contribution in [0.1, 0.15) is 18.2 Å². The zero-order valence-corrected chi connectivity index (χ0v) is 13.8. The minimum absolute atomic E-state index is 0.00491. The van der Waals surface area contributed by atoms with Crippen LogP contribution < -0.4 is 10.1 Å². The second kappa shape index (κ2) is 7.36. The number of anilines is 1. The second-order valence-corrected chi connectivity index (χ2v) is 6.70. The Morgan fingerprint density at radius 1 is 1.48 bits per heavy atom. The van der Waals surface area contributed by atoms with Gasteiger partial charge in [-0.15, -0.1) is 0 Å². The molecule has 1 aromatic carbocycles. The van der Waals surface area contributed by atoms with E-state index in [0.29, 0.717) is 17.0 Å². The number of hydrogen-bond donors (Lipinski definition) is 1. The van der Waals surface area contributed by atoms with Gasteiger partial charge < -0.3 is 9.26 Å². The topological polar surface area (TPSA) is 81.4 Å². The van der Waals surface area contributed by atoms with Crippen LogP contribution in [0.3, 0.4) is 0 Å². The molecule has 2 rings (SSSR count). The molecule has 1 aromatic heterocycles. The summed E-state index contributed by atoms with van der Waals surface area (Å²) < 4.78 is 35.7. The molecule has 0 bridgehead atoms. The zero-order chi connectivity index (χ0) is 17.0. The fraction of sp³-hybridized carbons (Fsp3) is 0.333. The van der Waals surface area contributed by atoms with E-state index >= 15 is 0 Å². The third-order valence-corrected chi connectivity index (χ3v) is 4.78. The Hall–Kier alpha value is -2.22. The summed E-state index contributed by atoms with van der Waals surface area (Å²) in [6.45, 7) is 3.25. The van der Waals surface area contributed by atoms with Gasteiger partial charge in [0, 0.05) is 22.4 Å². The summed E-state index contributed by atoms with van der Waals surface area (Å²) in [5.41, 5.74) is 1.07. The van der Waals surface area contributed by atoms with E-state index in [0.717, 1.165) is 0 Å². The average Bonchev–Trinajstić information content (AvgIpc) is 2.91. The van der Waals surface area contributed by atoms with E-state index in [1.54, 1.807) is 13.0 Å². The van der Waals surface area contributed by atoms with Gasteiger partial charge in [-0.2, -0.15) is 0 Å². The largest absolute Gasteiger partial charge is 0.496 e. The van der Waals surface area contributed by atoms with Crippen LogP contribution in [0.2, 0.25) is 0 Å². The van der Waals surface area contributed by atoms with Gasteiger partial charge in [0.2, 0.25) is 11.8 Å². The van der Waals surface area contributed by atoms with Crippen molar-refractivity contribution in [3.63, 3.8) is 0 Å². The normalized spacial score (nSPS) is 13.4. The summed E-state index contributed by atoms with van der Waals surface area (Å²) in [5.74, 6) is -0.287. The van der Waals surface area contributed by atoms with Crippen LogP contribution >= 0.6 is 0 Å². The molecule has 0 saturated carbocycles. The van der Waals surface area contributed by atoms with E-state index < -0.39 is 27.8 Å². The smallest absolute Gasteiger partial charge is 0.242 e. The number of benzene rings is 1. The Kier molecular flexibility index (Phi) is 5.49. The van der Waals surface area contributed by atoms with Crippen LogP contribution in [-0.4, -0.2) is 27.6 Å². The summed E-state index contributed by atoms with van der Waals surface area (Å²) in [5, 5.41) is 5.34. The molecular formula is C15H17FN2O4S. The standard InChI is InChI=1S/C15H17FN2O4S/c1-9-6-14(22-18-9)17-15(19)10(2)23(20)8-11-7-12(16)4-5-13(11)21-3/h4-7,10H,8H2,1-3H3,(H,17,19). The number of rotatable bonds is 6. The summed E-state index contributed by atoms with van der Waals surface area (Å²) >= 11 is 0. The van der Waals surface area contributed by atoms with Crippen LogP contribution in [0.25, 0.3) is 0 Å². The Labute approximate surface area is 135 Å². The first-order valence-electron chi connectivity index (χ1n) is 6.84. The zero-order valence-electron chi connectivity index (χ0n) is 13.0. The highest BCUT2D eigenvalue weighted by atomic mass is 32.2. The van der Waals surface area contributed by atoms with Crippen LogP contribution in [-0.2, 0) is 21.3 Å². The van der Waals surface area contributed by atoms with Gasteiger partial charge in [-0.25, -0.2) is 4.39 Å². The van der Waals surface area contributed by atoms with Crippen molar-refractivity contribution in [3.05, 3.63) is 41.3 Å². The average molecular weight is 340 g/mol. The fourth-order valence-corrected chi connectivity index (χ4v) is 2.98. The van der Waals surface area contributed by atoms with Gasteiger partial charge in [-0.1, -0.05) is 5.16 Å². The van der Waals surface area contributed by atoms with Crippen molar-refractivity contribution in [2.24, 2.45) is 0 Å². The number of carbonyl (C=O) groups excluding carboxylic acids is 1. The molecule has 8 heteroatoms. The maximum Gasteiger partial charge on any atom is 0.242 e. The van der Waals surface area contributed by atoms with Gasteiger partial charge in [-0.05, 0) is 32.0 Å². The molecule has 0 aliphatic heterocycles. The predicted molar refractivity (Wildman–Crippen MR) is 84.1 cm³/mol. The maximum absolute atomic E-state index is 13.3. The van der Waals surface area contributed by atoms with E-state index in [2.05, 4.69) is 10.5 Å². The van der Waals surface area contributed by atoms with Crippen molar-refractivity contribution in [1.82, 2.24) is 5.16 Å². The van der Waals surface area contributed by atoms with E-state index in [1.165, 1.54) is 32.2 Å². The number of methoxy groups -OCH3 is 1. The lowest BCUT2D eigenvalue weighted by Gasteiger charge is -2.12. The number of halogens is 1. The molecule has 1 heterocycles. The number of nitrogens with zero attached hydrogens (tertiary/aromatic N) is 1. The van der Waals surface area contributed by atoms with Crippen molar-refractivity contribution < 1.29 is 22.7 Å². The first-order chi connectivity index (χ1) is 10.9. The molecule has 6 nitrogen and oxygen atoms in total. The quantitative estimate of drug-likeness (QED) is 0.873. The summed E-state index contributed by atoms with van der Waals surface area (Å²) in [6, 6.07) is 5.53. The van der Waals surface area contributed by atoms with Gasteiger partial charge in [0.05, 0.1) is 18.6 Å². The minimum Gasteiger partial charge on any atom is -0.496 e. The van der Waals surface area contributed by atoms with E-state index in [9.17, 15) is 13.4 Å². The monoisotopic (exact) mass is 340 g/mol. The lowest BCUT2D eigenvalue weighted by Crippen LogP contribution is -2.29. The van der Waals surface area contributed by atoms with Gasteiger partial charge in [-0.3, -0.25) is 14.3 Å². The first kappa shape index (κ1) is 17.1. The minimum atomic E-state index is -1.55. The Balaban J connectivity index is 2.05. The van der Waals surface area contributed by atoms with Crippen molar-refractivity contribution >= 4 is 22.6 Å². The maximum atomic E-state index is 13.3. The molecule has 0 aliphatic rings. The summed E-state index contributed by atoms with van der Waals surface area (Å²) in [6.07, 6.45) is 0. The Morgan fingerprint density at radius 2 is 2.22 bits per heavy atom. The second-order valence-electron chi connectivity index (χ2n) is 4.95. The number of ether oxygens (including phenoxy) is 1. The molecule has 0 saturated heterocycles. The molecule has 0 fully saturated rings. The van der Waals surface area contributed by atoms with Crippen molar-refractivity contribution in [2.45, 2.75) is 24.9 Å². The fourth-order valence-electron chi connectivity index (χ4n) is 1.90. The molecule has 1 N–H and O–H groups in total. The molecule has 124 valence electrons. The molecule has 23 heavy (non-hydrogen) atoms. The Morgan fingerprint density at radius 3 is 2.83 bits per heavy atom. The van der Waals surface area contributed by atoms with Gasteiger partial charge in [0.25, 0.3) is 0 Å². The predicted octanol–water partition coefficient (Wildman–Crippen LogP) is 2.41. The van der Waals surface area contributed by atoms with Crippen molar-refractivity contribution in [3.8, 4) is 5.75 Å². The lowest BCUT2D eigenvalue weighted by atomic mass is 10.2. The van der Waals surface area contributed by atoms with Gasteiger partial charge >= 0.3 is 0 Å². The Bertz CT molecular complexity index is 732. The van der Waals surface area contributed by atoms with Crippen LogP contribution in [0.15, 0.2) is 28.8 Å². The van der Waals surface area contributed by atoms with Crippen LogP contribution in [0.5, 0.6) is 5.75 Å². The third kappa shape index (κ3) is 4.38. The van der Waals surface area contributed by atoms with Crippen LogP contribution in [0, 0.1) is 12.7 Å². The SMILES string of the molecule is COc1ccc(F)cc1CS(=O)C(C)C(=O)Nc1cc(C)no1. The molecule has 0 aliphatic carbocycles. The molecule has 2 unspecified atom stereocenters. The summed E-state index contributed by atoms with van der Waals surface area (Å²) in [4.78, 5) is 12.1. The lowest BCUT2D eigenvalue weighted by molar-refractivity contribution is -0.115. The van der Waals surface area contributed by atoms with Crippen molar-refractivity contribution in [1.29, 1.82) is 0 Å². The highest BCUT2D eigenvalue weighted by Crippen LogP contribution is 2.22. The van der Waals surface area contributed by atoms with Crippen molar-refractivity contribution in [2.75, 3.05) is 12.4 Å². The van der Waals surface area contributed by atoms with Gasteiger partial charge in [0.15, 0.2) is 0 Å². The molecule has 0 radical (unpaired) electrons. The molecular weight excluding hydrogens is 323 g/mol. The number of carbonyl (C=O) groups is 1. The first-order valence-corrected chi connectivity index (χ1v) is 8.22. The number of nitrogens with one attached hydrogen (secondary N) is 1. The van der Waals surface area contributed by atoms with E-state index in [4.69, 9.17) is 9.26 Å².